The van der Waals surface area contributed by atoms with E-state index in [4.69, 9.17) is 9.47 Å². The van der Waals surface area contributed by atoms with E-state index in [1.165, 1.54) is 0 Å². The first kappa shape index (κ1) is 14.1. The second-order valence-electron chi connectivity index (χ2n) is 5.99. The molecule has 0 amide bonds. The first-order chi connectivity index (χ1) is 8.90. The van der Waals surface area contributed by atoms with Crippen LogP contribution >= 0.6 is 0 Å². The summed E-state index contributed by atoms with van der Waals surface area (Å²) < 4.78 is 11.2. The lowest BCUT2D eigenvalue weighted by Crippen LogP contribution is -2.34. The Morgan fingerprint density at radius 3 is 2.47 bits per heavy atom. The van der Waals surface area contributed by atoms with Gasteiger partial charge in [0, 0.05) is 6.61 Å². The van der Waals surface area contributed by atoms with Gasteiger partial charge in [-0.25, -0.2) is 0 Å². The van der Waals surface area contributed by atoms with Gasteiger partial charge >= 0.3 is 5.97 Å². The molecule has 1 aliphatic rings. The predicted molar refractivity (Wildman–Crippen MR) is 74.0 cm³/mol. The number of hydrogen-bond acceptors (Lipinski definition) is 3. The zero-order chi connectivity index (χ0) is 14.1. The van der Waals surface area contributed by atoms with Gasteiger partial charge in [-0.1, -0.05) is 30.3 Å². The Kier molecular flexibility index (Phi) is 3.68. The van der Waals surface area contributed by atoms with Crippen LogP contribution in [0, 0.1) is 0 Å². The fourth-order valence-electron chi connectivity index (χ4n) is 2.38. The highest BCUT2D eigenvalue weighted by atomic mass is 16.6. The smallest absolute Gasteiger partial charge is 0.319 e. The molecule has 1 saturated carbocycles. The number of carbonyl (C=O) groups is 1. The van der Waals surface area contributed by atoms with Crippen molar-refractivity contribution in [3.63, 3.8) is 0 Å². The zero-order valence-electron chi connectivity index (χ0n) is 12.1. The van der Waals surface area contributed by atoms with Crippen LogP contribution in [0.25, 0.3) is 0 Å². The maximum atomic E-state index is 12.5. The van der Waals surface area contributed by atoms with Crippen LogP contribution in [0.3, 0.4) is 0 Å². The Bertz CT molecular complexity index is 447. The molecule has 0 N–H and O–H groups in total. The highest BCUT2D eigenvalue weighted by Crippen LogP contribution is 2.52. The number of rotatable bonds is 4. The maximum Gasteiger partial charge on any atom is 0.319 e. The van der Waals surface area contributed by atoms with Crippen LogP contribution in [0.15, 0.2) is 30.3 Å². The Labute approximate surface area is 114 Å². The average molecular weight is 262 g/mol. The van der Waals surface area contributed by atoms with Gasteiger partial charge in [-0.05, 0) is 39.7 Å². The third-order valence-corrected chi connectivity index (χ3v) is 3.32. The van der Waals surface area contributed by atoms with Crippen molar-refractivity contribution in [1.82, 2.24) is 0 Å². The van der Waals surface area contributed by atoms with Gasteiger partial charge in [0.2, 0.25) is 0 Å². The summed E-state index contributed by atoms with van der Waals surface area (Å²) in [5, 5.41) is 0. The minimum Gasteiger partial charge on any atom is -0.459 e. The summed E-state index contributed by atoms with van der Waals surface area (Å²) in [6, 6.07) is 9.79. The summed E-state index contributed by atoms with van der Waals surface area (Å²) in [7, 11) is 0. The summed E-state index contributed by atoms with van der Waals surface area (Å²) >= 11 is 0. The number of benzene rings is 1. The molecule has 3 nitrogen and oxygen atoms in total. The summed E-state index contributed by atoms with van der Waals surface area (Å²) in [5.41, 5.74) is -0.0920. The molecule has 0 saturated heterocycles. The van der Waals surface area contributed by atoms with E-state index in [-0.39, 0.29) is 12.1 Å². The minimum atomic E-state index is -0.607. The molecule has 1 aliphatic carbocycles. The van der Waals surface area contributed by atoms with Gasteiger partial charge in [0.1, 0.15) is 11.0 Å². The highest BCUT2D eigenvalue weighted by Gasteiger charge is 2.64. The van der Waals surface area contributed by atoms with Crippen molar-refractivity contribution in [1.29, 1.82) is 0 Å². The van der Waals surface area contributed by atoms with E-state index in [1.54, 1.807) is 0 Å². The third kappa shape index (κ3) is 2.81. The van der Waals surface area contributed by atoms with Crippen molar-refractivity contribution in [3.8, 4) is 0 Å². The Balaban J connectivity index is 2.26. The Hall–Kier alpha value is -1.35. The van der Waals surface area contributed by atoms with Crippen LogP contribution in [0.4, 0.5) is 0 Å². The van der Waals surface area contributed by atoms with E-state index in [2.05, 4.69) is 0 Å². The molecule has 19 heavy (non-hydrogen) atoms. The molecule has 2 atom stereocenters. The lowest BCUT2D eigenvalue weighted by Gasteiger charge is -2.24. The summed E-state index contributed by atoms with van der Waals surface area (Å²) in [5.74, 6) is -0.176. The van der Waals surface area contributed by atoms with Crippen molar-refractivity contribution in [2.24, 2.45) is 0 Å². The van der Waals surface area contributed by atoms with E-state index in [0.717, 1.165) is 5.56 Å². The first-order valence-electron chi connectivity index (χ1n) is 6.81. The molecule has 3 heteroatoms. The highest BCUT2D eigenvalue weighted by molar-refractivity contribution is 5.88. The van der Waals surface area contributed by atoms with E-state index in [9.17, 15) is 4.79 Å². The monoisotopic (exact) mass is 262 g/mol. The van der Waals surface area contributed by atoms with E-state index in [1.807, 2.05) is 58.0 Å². The van der Waals surface area contributed by atoms with Gasteiger partial charge in [-0.2, -0.15) is 0 Å². The molecule has 104 valence electrons. The van der Waals surface area contributed by atoms with Crippen molar-refractivity contribution in [3.05, 3.63) is 35.9 Å². The van der Waals surface area contributed by atoms with E-state index < -0.39 is 11.0 Å². The summed E-state index contributed by atoms with van der Waals surface area (Å²) in [6.45, 7) is 8.23. The second-order valence-corrected chi connectivity index (χ2v) is 5.99. The number of carbonyl (C=O) groups excluding carboxylic acids is 1. The molecule has 2 rings (SSSR count). The van der Waals surface area contributed by atoms with Crippen LogP contribution in [0.2, 0.25) is 0 Å². The van der Waals surface area contributed by atoms with Crippen LogP contribution in [0.1, 0.15) is 39.7 Å². The molecule has 0 aromatic heterocycles. The molecule has 0 unspecified atom stereocenters. The normalized spacial score (nSPS) is 26.0. The second kappa shape index (κ2) is 4.97. The molecule has 0 aliphatic heterocycles. The van der Waals surface area contributed by atoms with Crippen LogP contribution in [0.5, 0.6) is 0 Å². The Morgan fingerprint density at radius 2 is 1.95 bits per heavy atom. The standard InChI is InChI=1S/C16H22O3/c1-5-18-13-11-16(13,12-9-7-6-8-10-12)14(17)19-15(2,3)4/h6-10,13H,5,11H2,1-4H3/t13-,16+/m1/s1. The van der Waals surface area contributed by atoms with Crippen LogP contribution in [-0.2, 0) is 19.7 Å². The van der Waals surface area contributed by atoms with Gasteiger partial charge in [-0.15, -0.1) is 0 Å². The molecule has 1 fully saturated rings. The molecular weight excluding hydrogens is 240 g/mol. The predicted octanol–water partition coefficient (Wildman–Crippen LogP) is 3.07. The lowest BCUT2D eigenvalue weighted by atomic mass is 9.95. The summed E-state index contributed by atoms with van der Waals surface area (Å²) in [4.78, 5) is 12.5. The lowest BCUT2D eigenvalue weighted by molar-refractivity contribution is -0.159. The molecular formula is C16H22O3. The molecule has 1 aromatic carbocycles. The van der Waals surface area contributed by atoms with Gasteiger partial charge in [0.15, 0.2) is 0 Å². The van der Waals surface area contributed by atoms with E-state index in [0.29, 0.717) is 13.0 Å². The topological polar surface area (TPSA) is 35.5 Å². The van der Waals surface area contributed by atoms with Gasteiger partial charge in [-0.3, -0.25) is 4.79 Å². The van der Waals surface area contributed by atoms with Crippen LogP contribution in [-0.4, -0.2) is 24.3 Å². The molecule has 0 heterocycles. The van der Waals surface area contributed by atoms with Crippen molar-refractivity contribution < 1.29 is 14.3 Å². The van der Waals surface area contributed by atoms with E-state index >= 15 is 0 Å². The van der Waals surface area contributed by atoms with Crippen LogP contribution < -0.4 is 0 Å². The third-order valence-electron chi connectivity index (χ3n) is 3.32. The SMILES string of the molecule is CCO[C@@H]1C[C@]1(C(=O)OC(C)(C)C)c1ccccc1. The number of ether oxygens (including phenoxy) is 2. The number of esters is 1. The maximum absolute atomic E-state index is 12.5. The van der Waals surface area contributed by atoms with Gasteiger partial charge in [0.25, 0.3) is 0 Å². The average Bonchev–Trinajstić information content (AvgIpc) is 3.04. The molecule has 0 bridgehead atoms. The van der Waals surface area contributed by atoms with Crippen molar-refractivity contribution in [2.75, 3.05) is 6.61 Å². The summed E-state index contributed by atoms with van der Waals surface area (Å²) in [6.07, 6.45) is 0.648. The van der Waals surface area contributed by atoms with Gasteiger partial charge < -0.3 is 9.47 Å². The molecule has 0 radical (unpaired) electrons. The molecule has 1 aromatic rings. The van der Waals surface area contributed by atoms with Crippen molar-refractivity contribution in [2.45, 2.75) is 51.2 Å². The zero-order valence-corrected chi connectivity index (χ0v) is 12.1. The molecule has 0 spiro atoms. The fraction of sp³-hybridized carbons (Fsp3) is 0.562. The first-order valence-corrected chi connectivity index (χ1v) is 6.81. The number of hydrogen-bond donors (Lipinski definition) is 0. The van der Waals surface area contributed by atoms with Crippen molar-refractivity contribution >= 4 is 5.97 Å². The Morgan fingerprint density at radius 1 is 1.32 bits per heavy atom. The fourth-order valence-corrected chi connectivity index (χ4v) is 2.38. The quantitative estimate of drug-likeness (QED) is 0.782. The minimum absolute atomic E-state index is 0.0604. The van der Waals surface area contributed by atoms with Gasteiger partial charge in [0.05, 0.1) is 6.10 Å². The largest absolute Gasteiger partial charge is 0.459 e.